The topological polar surface area (TPSA) is 37.4 Å². The summed E-state index contributed by atoms with van der Waals surface area (Å²) < 4.78 is 97.2. The third-order valence-electron chi connectivity index (χ3n) is 1.80. The number of carbonyl (C=O) groups is 2. The third kappa shape index (κ3) is 5.10. The average molecular weight is 336 g/mol. The highest BCUT2D eigenvalue weighted by Crippen LogP contribution is 2.37. The van der Waals surface area contributed by atoms with Crippen molar-refractivity contribution in [1.82, 2.24) is 4.90 Å². The molecule has 0 aliphatic rings. The van der Waals surface area contributed by atoms with E-state index in [1.165, 1.54) is 0 Å². The summed E-state index contributed by atoms with van der Waals surface area (Å²) in [6, 6.07) is 0. The second kappa shape index (κ2) is 6.10. The number of amides is 1. The van der Waals surface area contributed by atoms with Crippen molar-refractivity contribution >= 4 is 23.3 Å². The molecule has 1 amide bonds. The molecule has 0 fully saturated rings. The van der Waals surface area contributed by atoms with Crippen LogP contribution in [0.5, 0.6) is 0 Å². The molecule has 0 atom stereocenters. The van der Waals surface area contributed by atoms with Crippen LogP contribution in [0.4, 0.5) is 35.1 Å². The molecular weight excluding hydrogens is 330 g/mol. The molecule has 0 N–H and O–H groups in total. The Balaban J connectivity index is 5.32. The van der Waals surface area contributed by atoms with Gasteiger partial charge < -0.3 is 4.90 Å². The maximum absolute atomic E-state index is 12.7. The van der Waals surface area contributed by atoms with Gasteiger partial charge in [0.05, 0.1) is 12.4 Å². The summed E-state index contributed by atoms with van der Waals surface area (Å²) in [6.45, 7) is -4.03. The van der Waals surface area contributed by atoms with Crippen molar-refractivity contribution in [2.45, 2.75) is 18.3 Å². The molecule has 0 spiro atoms. The van der Waals surface area contributed by atoms with E-state index in [4.69, 9.17) is 11.6 Å². The zero-order valence-corrected chi connectivity index (χ0v) is 10.0. The van der Waals surface area contributed by atoms with Gasteiger partial charge in [-0.05, 0) is 0 Å². The molecule has 0 unspecified atom stereocenters. The van der Waals surface area contributed by atoms with Crippen LogP contribution in [0, 0.1) is 0 Å². The van der Waals surface area contributed by atoms with E-state index in [-0.39, 0.29) is 0 Å². The molecule has 0 bridgehead atoms. The van der Waals surface area contributed by atoms with Crippen LogP contribution in [0.15, 0.2) is 0 Å². The van der Waals surface area contributed by atoms with Crippen LogP contribution < -0.4 is 0 Å². The number of hydrogen-bond acceptors (Lipinski definition) is 2. The normalized spacial score (nSPS) is 13.2. The van der Waals surface area contributed by atoms with Crippen molar-refractivity contribution < 1.29 is 44.7 Å². The highest BCUT2D eigenvalue weighted by molar-refractivity contribution is 6.28. The van der Waals surface area contributed by atoms with E-state index in [0.717, 1.165) is 0 Å². The van der Waals surface area contributed by atoms with E-state index in [9.17, 15) is 44.7 Å². The van der Waals surface area contributed by atoms with Gasteiger partial charge in [0.2, 0.25) is 0 Å². The molecule has 3 nitrogen and oxygen atoms in total. The molecule has 0 aliphatic heterocycles. The first-order valence-corrected chi connectivity index (χ1v) is 5.14. The lowest BCUT2D eigenvalue weighted by atomic mass is 10.2. The van der Waals surface area contributed by atoms with Crippen LogP contribution in [0.1, 0.15) is 0 Å². The first-order valence-electron chi connectivity index (χ1n) is 4.60. The fourth-order valence-corrected chi connectivity index (χ4v) is 1.08. The van der Waals surface area contributed by atoms with E-state index < -0.39 is 53.8 Å². The predicted octanol–water partition coefficient (Wildman–Crippen LogP) is 2.38. The number of carbonyl (C=O) groups excluding carboxylic acids is 2. The summed E-state index contributed by atoms with van der Waals surface area (Å²) in [5.74, 6) is -11.5. The molecule has 20 heavy (non-hydrogen) atoms. The Bertz CT molecular complexity index is 378. The van der Waals surface area contributed by atoms with Gasteiger partial charge in [-0.15, -0.1) is 11.6 Å². The van der Waals surface area contributed by atoms with Gasteiger partial charge >= 0.3 is 24.2 Å². The minimum Gasteiger partial charge on any atom is -0.321 e. The molecule has 0 saturated heterocycles. The standard InChI is InChI=1S/C8H6ClF8NO2/c9-1-4(19)2-18(3-6(10,11)12)5(20)7(13,14)8(15,16)17/h1-3H2. The third-order valence-corrected chi connectivity index (χ3v) is 2.10. The second-order valence-corrected chi connectivity index (χ2v) is 3.79. The number of nitrogens with zero attached hydrogens (tertiary/aromatic N) is 1. The fourth-order valence-electron chi connectivity index (χ4n) is 0.991. The van der Waals surface area contributed by atoms with Gasteiger partial charge in [0.25, 0.3) is 0 Å². The van der Waals surface area contributed by atoms with Crippen molar-refractivity contribution in [3.63, 3.8) is 0 Å². The zero-order chi connectivity index (χ0) is 16.4. The first-order chi connectivity index (χ1) is 8.72. The number of alkyl halides is 9. The summed E-state index contributed by atoms with van der Waals surface area (Å²) in [5.41, 5.74) is 0. The van der Waals surface area contributed by atoms with E-state index in [2.05, 4.69) is 0 Å². The van der Waals surface area contributed by atoms with Crippen LogP contribution in [0.25, 0.3) is 0 Å². The Kier molecular flexibility index (Phi) is 5.76. The SMILES string of the molecule is O=C(CCl)CN(CC(F)(F)F)C(=O)C(F)(F)C(F)(F)F. The van der Waals surface area contributed by atoms with Gasteiger partial charge in [-0.3, -0.25) is 9.59 Å². The van der Waals surface area contributed by atoms with Crippen molar-refractivity contribution in [2.24, 2.45) is 0 Å². The first kappa shape index (κ1) is 18.9. The molecule has 0 saturated carbocycles. The molecule has 0 rings (SSSR count). The quantitative estimate of drug-likeness (QED) is 0.571. The lowest BCUT2D eigenvalue weighted by Gasteiger charge is -2.28. The van der Waals surface area contributed by atoms with E-state index in [1.54, 1.807) is 0 Å². The van der Waals surface area contributed by atoms with Crippen molar-refractivity contribution in [3.8, 4) is 0 Å². The molecule has 0 radical (unpaired) electrons. The summed E-state index contributed by atoms with van der Waals surface area (Å²) in [7, 11) is 0. The zero-order valence-electron chi connectivity index (χ0n) is 9.29. The van der Waals surface area contributed by atoms with E-state index in [0.29, 0.717) is 0 Å². The van der Waals surface area contributed by atoms with Crippen LogP contribution in [0.2, 0.25) is 0 Å². The van der Waals surface area contributed by atoms with Crippen molar-refractivity contribution in [1.29, 1.82) is 0 Å². The van der Waals surface area contributed by atoms with Crippen LogP contribution in [-0.2, 0) is 9.59 Å². The highest BCUT2D eigenvalue weighted by atomic mass is 35.5. The Morgan fingerprint density at radius 2 is 1.40 bits per heavy atom. The minimum atomic E-state index is -6.38. The van der Waals surface area contributed by atoms with Crippen LogP contribution in [0.3, 0.4) is 0 Å². The number of rotatable bonds is 5. The smallest absolute Gasteiger partial charge is 0.321 e. The van der Waals surface area contributed by atoms with Gasteiger partial charge in [0.1, 0.15) is 6.54 Å². The van der Waals surface area contributed by atoms with Crippen molar-refractivity contribution in [2.75, 3.05) is 19.0 Å². The molecule has 0 aliphatic carbocycles. The Morgan fingerprint density at radius 1 is 0.950 bits per heavy atom. The highest BCUT2D eigenvalue weighted by Gasteiger charge is 2.65. The van der Waals surface area contributed by atoms with Gasteiger partial charge in [-0.25, -0.2) is 0 Å². The molecular formula is C8H6ClF8NO2. The van der Waals surface area contributed by atoms with Crippen molar-refractivity contribution in [3.05, 3.63) is 0 Å². The Hall–Kier alpha value is -1.13. The molecule has 12 heteroatoms. The monoisotopic (exact) mass is 335 g/mol. The van der Waals surface area contributed by atoms with Gasteiger partial charge in [0.15, 0.2) is 5.78 Å². The summed E-state index contributed by atoms with van der Waals surface area (Å²) in [5, 5.41) is 0. The number of halogens is 9. The van der Waals surface area contributed by atoms with Gasteiger partial charge in [-0.2, -0.15) is 35.1 Å². The number of Topliss-reactive ketones (excluding diaryl/α,β-unsaturated/α-hetero) is 1. The maximum atomic E-state index is 12.7. The van der Waals surface area contributed by atoms with Crippen LogP contribution >= 0.6 is 11.6 Å². The van der Waals surface area contributed by atoms with E-state index in [1.807, 2.05) is 0 Å². The summed E-state index contributed by atoms with van der Waals surface area (Å²) in [6.07, 6.45) is -11.6. The molecule has 0 heterocycles. The minimum absolute atomic E-state index is 0.932. The summed E-state index contributed by atoms with van der Waals surface area (Å²) in [4.78, 5) is 20.7. The Morgan fingerprint density at radius 3 is 1.70 bits per heavy atom. The predicted molar refractivity (Wildman–Crippen MR) is 49.4 cm³/mol. The average Bonchev–Trinajstić information content (AvgIpc) is 2.23. The van der Waals surface area contributed by atoms with Crippen LogP contribution in [-0.4, -0.2) is 53.8 Å². The molecule has 118 valence electrons. The fraction of sp³-hybridized carbons (Fsp3) is 0.750. The second-order valence-electron chi connectivity index (χ2n) is 3.52. The number of hydrogen-bond donors (Lipinski definition) is 0. The molecule has 0 aromatic rings. The molecule has 0 aromatic heterocycles. The largest absolute Gasteiger partial charge is 0.463 e. The molecule has 0 aromatic carbocycles. The lowest BCUT2D eigenvalue weighted by Crippen LogP contribution is -2.55. The number of ketones is 1. The maximum Gasteiger partial charge on any atom is 0.463 e. The Labute approximate surface area is 111 Å². The van der Waals surface area contributed by atoms with E-state index >= 15 is 0 Å². The lowest BCUT2D eigenvalue weighted by molar-refractivity contribution is -0.276. The van der Waals surface area contributed by atoms with Gasteiger partial charge in [0, 0.05) is 0 Å². The van der Waals surface area contributed by atoms with Gasteiger partial charge in [-0.1, -0.05) is 0 Å². The summed E-state index contributed by atoms with van der Waals surface area (Å²) >= 11 is 4.90.